The Labute approximate surface area is 101 Å². The molecule has 0 bridgehead atoms. The normalized spacial score (nSPS) is 12.6. The minimum atomic E-state index is -1.32. The summed E-state index contributed by atoms with van der Waals surface area (Å²) in [5, 5.41) is 3.21. The quantitative estimate of drug-likeness (QED) is 0.557. The molecule has 0 saturated carbocycles. The van der Waals surface area contributed by atoms with E-state index in [2.05, 4.69) is 44.2 Å². The van der Waals surface area contributed by atoms with E-state index in [4.69, 9.17) is 0 Å². The molecule has 0 unspecified atom stereocenters. The van der Waals surface area contributed by atoms with E-state index in [0.717, 1.165) is 25.9 Å². The molecule has 0 fully saturated rings. The second kappa shape index (κ2) is 6.40. The molecule has 0 heterocycles. The van der Waals surface area contributed by atoms with E-state index in [-0.39, 0.29) is 5.91 Å². The van der Waals surface area contributed by atoms with Crippen LogP contribution in [0.3, 0.4) is 0 Å². The molecule has 0 aliphatic carbocycles. The van der Waals surface area contributed by atoms with E-state index in [1.807, 2.05) is 0 Å². The smallest absolute Gasteiger partial charge is 0.216 e. The largest absolute Gasteiger partial charge is 0.356 e. The molecule has 0 atom stereocenters. The van der Waals surface area contributed by atoms with Crippen molar-refractivity contribution in [1.82, 2.24) is 10.3 Å². The van der Waals surface area contributed by atoms with Crippen molar-refractivity contribution in [2.45, 2.75) is 58.7 Å². The molecule has 1 amide bonds. The zero-order valence-corrected chi connectivity index (χ0v) is 12.7. The highest BCUT2D eigenvalue weighted by Crippen LogP contribution is 2.33. The van der Waals surface area contributed by atoms with Gasteiger partial charge >= 0.3 is 0 Å². The molecule has 96 valence electrons. The first-order valence-electron chi connectivity index (χ1n) is 6.16. The van der Waals surface area contributed by atoms with Gasteiger partial charge in [-0.2, -0.15) is 0 Å². The van der Waals surface area contributed by atoms with Gasteiger partial charge in [0.05, 0.1) is 0 Å². The molecule has 0 aromatic carbocycles. The van der Waals surface area contributed by atoms with E-state index in [1.165, 1.54) is 0 Å². The topological polar surface area (TPSA) is 41.1 Å². The number of carbonyl (C=O) groups excluding carboxylic acids is 1. The van der Waals surface area contributed by atoms with Gasteiger partial charge in [0.2, 0.25) is 5.91 Å². The summed E-state index contributed by atoms with van der Waals surface area (Å²) in [4.78, 5) is 14.4. The standard InChI is InChI=1S/C12H28N2OSi/c1-11(15)13-9-7-8-10-14-16(5,6)12(2,3)4/h14H,7-10H2,1-6H3,(H,13,15). The van der Waals surface area contributed by atoms with Crippen LogP contribution in [0.15, 0.2) is 0 Å². The fraction of sp³-hybridized carbons (Fsp3) is 0.917. The van der Waals surface area contributed by atoms with Gasteiger partial charge < -0.3 is 10.3 Å². The summed E-state index contributed by atoms with van der Waals surface area (Å²) in [6.45, 7) is 15.1. The maximum Gasteiger partial charge on any atom is 0.216 e. The molecule has 0 radical (unpaired) electrons. The number of hydrogen-bond acceptors (Lipinski definition) is 2. The molecule has 0 aliphatic rings. The summed E-state index contributed by atoms with van der Waals surface area (Å²) in [6.07, 6.45) is 2.19. The van der Waals surface area contributed by atoms with E-state index in [9.17, 15) is 4.79 Å². The van der Waals surface area contributed by atoms with Crippen LogP contribution in [0.4, 0.5) is 0 Å². The molecule has 0 saturated heterocycles. The number of rotatable bonds is 6. The monoisotopic (exact) mass is 244 g/mol. The lowest BCUT2D eigenvalue weighted by Gasteiger charge is -2.37. The maximum absolute atomic E-state index is 10.6. The summed E-state index contributed by atoms with van der Waals surface area (Å²) in [6, 6.07) is 0. The highest BCUT2D eigenvalue weighted by molar-refractivity contribution is 6.77. The van der Waals surface area contributed by atoms with Crippen LogP contribution in [0, 0.1) is 0 Å². The molecular weight excluding hydrogens is 216 g/mol. The molecule has 0 aliphatic heterocycles. The van der Waals surface area contributed by atoms with Crippen molar-refractivity contribution in [3.8, 4) is 0 Å². The summed E-state index contributed by atoms with van der Waals surface area (Å²) in [7, 11) is -1.32. The lowest BCUT2D eigenvalue weighted by Crippen LogP contribution is -2.52. The lowest BCUT2D eigenvalue weighted by atomic mass is 10.2. The molecule has 2 N–H and O–H groups in total. The van der Waals surface area contributed by atoms with Crippen LogP contribution in [-0.2, 0) is 4.79 Å². The second-order valence-electron chi connectivity index (χ2n) is 5.99. The third-order valence-corrected chi connectivity index (χ3v) is 8.30. The average molecular weight is 244 g/mol. The summed E-state index contributed by atoms with van der Waals surface area (Å²) >= 11 is 0. The zero-order chi connectivity index (χ0) is 12.8. The molecular formula is C12H28N2OSi. The second-order valence-corrected chi connectivity index (χ2v) is 11.1. The Hall–Kier alpha value is -0.353. The van der Waals surface area contributed by atoms with Crippen LogP contribution < -0.4 is 10.3 Å². The maximum atomic E-state index is 10.6. The molecule has 0 spiro atoms. The Balaban J connectivity index is 3.63. The Morgan fingerprint density at radius 2 is 1.62 bits per heavy atom. The van der Waals surface area contributed by atoms with Crippen molar-refractivity contribution in [3.63, 3.8) is 0 Å². The van der Waals surface area contributed by atoms with Gasteiger partial charge in [-0.3, -0.25) is 4.79 Å². The van der Waals surface area contributed by atoms with Crippen molar-refractivity contribution in [1.29, 1.82) is 0 Å². The number of unbranched alkanes of at least 4 members (excludes halogenated alkanes) is 1. The Morgan fingerprint density at radius 1 is 1.12 bits per heavy atom. The van der Waals surface area contributed by atoms with Gasteiger partial charge in [-0.05, 0) is 24.4 Å². The fourth-order valence-corrected chi connectivity index (χ4v) is 2.51. The summed E-state index contributed by atoms with van der Waals surface area (Å²) < 4.78 is 0. The van der Waals surface area contributed by atoms with Crippen molar-refractivity contribution < 1.29 is 4.79 Å². The van der Waals surface area contributed by atoms with Crippen LogP contribution in [0.2, 0.25) is 18.1 Å². The Morgan fingerprint density at radius 3 is 2.06 bits per heavy atom. The lowest BCUT2D eigenvalue weighted by molar-refractivity contribution is -0.118. The minimum Gasteiger partial charge on any atom is -0.356 e. The van der Waals surface area contributed by atoms with E-state index in [1.54, 1.807) is 6.92 Å². The highest BCUT2D eigenvalue weighted by Gasteiger charge is 2.34. The average Bonchev–Trinajstić information content (AvgIpc) is 2.08. The molecule has 16 heavy (non-hydrogen) atoms. The van der Waals surface area contributed by atoms with Crippen LogP contribution >= 0.6 is 0 Å². The molecule has 3 nitrogen and oxygen atoms in total. The molecule has 0 aromatic rings. The predicted octanol–water partition coefficient (Wildman–Crippen LogP) is 2.50. The van der Waals surface area contributed by atoms with Gasteiger partial charge in [-0.1, -0.05) is 33.9 Å². The van der Waals surface area contributed by atoms with Gasteiger partial charge in [0.15, 0.2) is 0 Å². The minimum absolute atomic E-state index is 0.0670. The van der Waals surface area contributed by atoms with Gasteiger partial charge in [-0.25, -0.2) is 0 Å². The van der Waals surface area contributed by atoms with Gasteiger partial charge in [0.25, 0.3) is 0 Å². The number of amides is 1. The molecule has 0 aromatic heterocycles. The van der Waals surface area contributed by atoms with Crippen LogP contribution in [0.1, 0.15) is 40.5 Å². The highest BCUT2D eigenvalue weighted by atomic mass is 28.3. The van der Waals surface area contributed by atoms with Gasteiger partial charge in [0.1, 0.15) is 8.24 Å². The third-order valence-electron chi connectivity index (χ3n) is 3.42. The molecule has 4 heteroatoms. The first-order valence-corrected chi connectivity index (χ1v) is 9.16. The van der Waals surface area contributed by atoms with E-state index >= 15 is 0 Å². The van der Waals surface area contributed by atoms with E-state index < -0.39 is 8.24 Å². The van der Waals surface area contributed by atoms with Crippen LogP contribution in [0.5, 0.6) is 0 Å². The summed E-state index contributed by atoms with van der Waals surface area (Å²) in [5.41, 5.74) is 0. The third kappa shape index (κ3) is 6.28. The Bertz CT molecular complexity index is 222. The fourth-order valence-electron chi connectivity index (χ4n) is 1.18. The summed E-state index contributed by atoms with van der Waals surface area (Å²) in [5.74, 6) is 0.0670. The van der Waals surface area contributed by atoms with E-state index in [0.29, 0.717) is 5.04 Å². The van der Waals surface area contributed by atoms with Gasteiger partial charge in [-0.15, -0.1) is 0 Å². The first kappa shape index (κ1) is 15.6. The first-order chi connectivity index (χ1) is 7.17. The van der Waals surface area contributed by atoms with Crippen LogP contribution in [0.25, 0.3) is 0 Å². The Kier molecular flexibility index (Phi) is 6.26. The van der Waals surface area contributed by atoms with Gasteiger partial charge in [0, 0.05) is 13.5 Å². The number of carbonyl (C=O) groups is 1. The van der Waals surface area contributed by atoms with Crippen molar-refractivity contribution in [3.05, 3.63) is 0 Å². The van der Waals surface area contributed by atoms with Crippen molar-refractivity contribution in [2.75, 3.05) is 13.1 Å². The predicted molar refractivity (Wildman–Crippen MR) is 73.1 cm³/mol. The number of hydrogen-bond donors (Lipinski definition) is 2. The van der Waals surface area contributed by atoms with Crippen molar-refractivity contribution >= 4 is 14.1 Å². The van der Waals surface area contributed by atoms with Crippen molar-refractivity contribution in [2.24, 2.45) is 0 Å². The number of nitrogens with one attached hydrogen (secondary N) is 2. The zero-order valence-electron chi connectivity index (χ0n) is 11.7. The van der Waals surface area contributed by atoms with Crippen LogP contribution in [-0.4, -0.2) is 27.2 Å². The molecule has 0 rings (SSSR count). The SMILES string of the molecule is CC(=O)NCCCCN[Si](C)(C)C(C)(C)C.